The number of rotatable bonds is 5. The number of benzene rings is 1. The van der Waals surface area contributed by atoms with Crippen molar-refractivity contribution in [3.8, 4) is 5.75 Å². The van der Waals surface area contributed by atoms with Crippen molar-refractivity contribution in [1.82, 2.24) is 0 Å². The molecule has 2 saturated carbocycles. The van der Waals surface area contributed by atoms with Gasteiger partial charge in [0.2, 0.25) is 0 Å². The Morgan fingerprint density at radius 1 is 1.42 bits per heavy atom. The first-order chi connectivity index (χ1) is 9.03. The maximum absolute atomic E-state index is 6.41. The first kappa shape index (κ1) is 13.3. The molecule has 19 heavy (non-hydrogen) atoms. The Morgan fingerprint density at radius 2 is 2.11 bits per heavy atom. The standard InChI is InChI=1S/C16H22ClNO/c1-10-7-13(16(5-6-16)11(2)18)15(14(17)8-10)19-9-12-3-4-12/h7-8,11-12H,3-6,9,18H2,1-2H3. The monoisotopic (exact) mass is 279 g/mol. The molecule has 1 aromatic carbocycles. The molecule has 2 nitrogen and oxygen atoms in total. The van der Waals surface area contributed by atoms with Crippen LogP contribution in [-0.4, -0.2) is 12.6 Å². The summed E-state index contributed by atoms with van der Waals surface area (Å²) >= 11 is 6.41. The average Bonchev–Trinajstić information content (AvgIpc) is 3.22. The summed E-state index contributed by atoms with van der Waals surface area (Å²) in [5.74, 6) is 1.62. The zero-order valence-corrected chi connectivity index (χ0v) is 12.5. The lowest BCUT2D eigenvalue weighted by molar-refractivity contribution is 0.293. The molecule has 1 aromatic rings. The summed E-state index contributed by atoms with van der Waals surface area (Å²) in [4.78, 5) is 0. The second-order valence-corrected chi connectivity index (χ2v) is 6.73. The van der Waals surface area contributed by atoms with Gasteiger partial charge in [0.15, 0.2) is 0 Å². The SMILES string of the molecule is Cc1cc(Cl)c(OCC2CC2)c(C2(C(C)N)CC2)c1. The van der Waals surface area contributed by atoms with E-state index in [9.17, 15) is 0 Å². The summed E-state index contributed by atoms with van der Waals surface area (Å²) < 4.78 is 6.04. The van der Waals surface area contributed by atoms with Crippen molar-refractivity contribution >= 4 is 11.6 Å². The van der Waals surface area contributed by atoms with Crippen LogP contribution in [0.15, 0.2) is 12.1 Å². The van der Waals surface area contributed by atoms with Crippen LogP contribution >= 0.6 is 11.6 Å². The molecule has 104 valence electrons. The second-order valence-electron chi connectivity index (χ2n) is 6.32. The van der Waals surface area contributed by atoms with Gasteiger partial charge in [-0.3, -0.25) is 0 Å². The Bertz CT molecular complexity index is 490. The van der Waals surface area contributed by atoms with Crippen molar-refractivity contribution in [3.63, 3.8) is 0 Å². The van der Waals surface area contributed by atoms with Crippen LogP contribution in [0.3, 0.4) is 0 Å². The van der Waals surface area contributed by atoms with Crippen LogP contribution in [0.2, 0.25) is 5.02 Å². The summed E-state index contributed by atoms with van der Waals surface area (Å²) in [5, 5.41) is 0.738. The molecule has 3 heteroatoms. The summed E-state index contributed by atoms with van der Waals surface area (Å²) in [6.45, 7) is 4.97. The topological polar surface area (TPSA) is 35.2 Å². The maximum atomic E-state index is 6.41. The molecule has 0 radical (unpaired) electrons. The second kappa shape index (κ2) is 4.68. The highest BCUT2D eigenvalue weighted by Gasteiger charge is 2.49. The Balaban J connectivity index is 1.95. The fourth-order valence-electron chi connectivity index (χ4n) is 2.84. The number of hydrogen-bond donors (Lipinski definition) is 1. The first-order valence-electron chi connectivity index (χ1n) is 7.22. The Labute approximate surface area is 120 Å². The van der Waals surface area contributed by atoms with Crippen molar-refractivity contribution in [1.29, 1.82) is 0 Å². The zero-order chi connectivity index (χ0) is 13.6. The van der Waals surface area contributed by atoms with Crippen LogP contribution in [0.4, 0.5) is 0 Å². The third kappa shape index (κ3) is 2.48. The zero-order valence-electron chi connectivity index (χ0n) is 11.7. The molecule has 0 amide bonds. The van der Waals surface area contributed by atoms with E-state index in [-0.39, 0.29) is 11.5 Å². The summed E-state index contributed by atoms with van der Waals surface area (Å²) in [6, 6.07) is 4.35. The molecule has 2 aliphatic carbocycles. The Hall–Kier alpha value is -0.730. The van der Waals surface area contributed by atoms with Crippen LogP contribution in [0.1, 0.15) is 43.7 Å². The predicted molar refractivity (Wildman–Crippen MR) is 79.0 cm³/mol. The molecule has 2 N–H and O–H groups in total. The van der Waals surface area contributed by atoms with E-state index in [4.69, 9.17) is 22.1 Å². The van der Waals surface area contributed by atoms with Crippen LogP contribution < -0.4 is 10.5 Å². The number of ether oxygens (including phenoxy) is 1. The minimum atomic E-state index is 0.0918. The summed E-state index contributed by atoms with van der Waals surface area (Å²) in [6.07, 6.45) is 4.86. The third-order valence-electron chi connectivity index (χ3n) is 4.54. The molecular formula is C16H22ClNO. The minimum absolute atomic E-state index is 0.0918. The molecule has 0 aliphatic heterocycles. The van der Waals surface area contributed by atoms with Gasteiger partial charge in [-0.15, -0.1) is 0 Å². The van der Waals surface area contributed by atoms with E-state index in [1.807, 2.05) is 6.07 Å². The quantitative estimate of drug-likeness (QED) is 0.889. The van der Waals surface area contributed by atoms with Crippen LogP contribution in [0.25, 0.3) is 0 Å². The lowest BCUT2D eigenvalue weighted by Gasteiger charge is -2.24. The van der Waals surface area contributed by atoms with Gasteiger partial charge in [-0.2, -0.15) is 0 Å². The number of aryl methyl sites for hydroxylation is 1. The molecule has 1 unspecified atom stereocenters. The fourth-order valence-corrected chi connectivity index (χ4v) is 3.16. The fraction of sp³-hybridized carbons (Fsp3) is 0.625. The van der Waals surface area contributed by atoms with Gasteiger partial charge < -0.3 is 10.5 Å². The van der Waals surface area contributed by atoms with Gasteiger partial charge in [0, 0.05) is 17.0 Å². The van der Waals surface area contributed by atoms with Crippen LogP contribution in [-0.2, 0) is 5.41 Å². The van der Waals surface area contributed by atoms with Gasteiger partial charge in [-0.1, -0.05) is 17.7 Å². The highest BCUT2D eigenvalue weighted by atomic mass is 35.5. The van der Waals surface area contributed by atoms with Crippen molar-refractivity contribution in [2.24, 2.45) is 11.7 Å². The van der Waals surface area contributed by atoms with Crippen molar-refractivity contribution < 1.29 is 4.74 Å². The average molecular weight is 280 g/mol. The largest absolute Gasteiger partial charge is 0.491 e. The highest BCUT2D eigenvalue weighted by Crippen LogP contribution is 2.54. The van der Waals surface area contributed by atoms with E-state index in [1.165, 1.54) is 24.0 Å². The molecular weight excluding hydrogens is 258 g/mol. The van der Waals surface area contributed by atoms with Crippen molar-refractivity contribution in [2.75, 3.05) is 6.61 Å². The lowest BCUT2D eigenvalue weighted by Crippen LogP contribution is -2.32. The third-order valence-corrected chi connectivity index (χ3v) is 4.83. The normalized spacial score (nSPS) is 22.1. The molecule has 0 saturated heterocycles. The molecule has 0 spiro atoms. The number of nitrogens with two attached hydrogens (primary N) is 1. The van der Waals surface area contributed by atoms with E-state index < -0.39 is 0 Å². The van der Waals surface area contributed by atoms with Gasteiger partial charge in [-0.05, 0) is 57.1 Å². The van der Waals surface area contributed by atoms with Crippen LogP contribution in [0.5, 0.6) is 5.75 Å². The first-order valence-corrected chi connectivity index (χ1v) is 7.60. The molecule has 0 bridgehead atoms. The maximum Gasteiger partial charge on any atom is 0.141 e. The molecule has 0 heterocycles. The van der Waals surface area contributed by atoms with Gasteiger partial charge in [-0.25, -0.2) is 0 Å². The van der Waals surface area contributed by atoms with Crippen LogP contribution in [0, 0.1) is 12.8 Å². The Morgan fingerprint density at radius 3 is 2.63 bits per heavy atom. The van der Waals surface area contributed by atoms with Gasteiger partial charge in [0.25, 0.3) is 0 Å². The molecule has 1 atom stereocenters. The molecule has 0 aromatic heterocycles. The van der Waals surface area contributed by atoms with Gasteiger partial charge >= 0.3 is 0 Å². The van der Waals surface area contributed by atoms with E-state index in [1.54, 1.807) is 0 Å². The van der Waals surface area contributed by atoms with E-state index in [0.29, 0.717) is 0 Å². The minimum Gasteiger partial charge on any atom is -0.491 e. The number of hydrogen-bond acceptors (Lipinski definition) is 2. The van der Waals surface area contributed by atoms with Crippen molar-refractivity contribution in [3.05, 3.63) is 28.3 Å². The van der Waals surface area contributed by atoms with Crippen molar-refractivity contribution in [2.45, 2.75) is 51.0 Å². The van der Waals surface area contributed by atoms with E-state index >= 15 is 0 Å². The molecule has 3 rings (SSSR count). The Kier molecular flexibility index (Phi) is 3.26. The van der Waals surface area contributed by atoms with E-state index in [2.05, 4.69) is 19.9 Å². The summed E-state index contributed by atoms with van der Waals surface area (Å²) in [7, 11) is 0. The molecule has 2 aliphatic rings. The lowest BCUT2D eigenvalue weighted by atomic mass is 9.88. The summed E-state index contributed by atoms with van der Waals surface area (Å²) in [5.41, 5.74) is 8.71. The van der Waals surface area contributed by atoms with Gasteiger partial charge in [0.1, 0.15) is 5.75 Å². The highest BCUT2D eigenvalue weighted by molar-refractivity contribution is 6.32. The van der Waals surface area contributed by atoms with E-state index in [0.717, 1.165) is 36.1 Å². The number of halogens is 1. The predicted octanol–water partition coefficient (Wildman–Crippen LogP) is 3.82. The van der Waals surface area contributed by atoms with Gasteiger partial charge in [0.05, 0.1) is 11.6 Å². The smallest absolute Gasteiger partial charge is 0.141 e. The molecule has 2 fully saturated rings.